The molecule has 0 amide bonds. The maximum atomic E-state index is 11.7. The van der Waals surface area contributed by atoms with Gasteiger partial charge >= 0.3 is 0 Å². The minimum absolute atomic E-state index is 0.237. The van der Waals surface area contributed by atoms with Gasteiger partial charge in [-0.1, -0.05) is 18.2 Å². The van der Waals surface area contributed by atoms with Gasteiger partial charge in [0.05, 0.1) is 4.90 Å². The van der Waals surface area contributed by atoms with Gasteiger partial charge in [0.1, 0.15) is 0 Å². The normalized spacial score (nSPS) is 11.3. The van der Waals surface area contributed by atoms with E-state index in [9.17, 15) is 8.42 Å². The van der Waals surface area contributed by atoms with E-state index in [1.54, 1.807) is 24.3 Å². The Labute approximate surface area is 96.4 Å². The van der Waals surface area contributed by atoms with Crippen molar-refractivity contribution in [3.63, 3.8) is 0 Å². The second-order valence-electron chi connectivity index (χ2n) is 3.31. The van der Waals surface area contributed by atoms with Crippen LogP contribution in [0.3, 0.4) is 0 Å². The average molecular weight is 240 g/mol. The third-order valence-electron chi connectivity index (χ3n) is 2.03. The smallest absolute Gasteiger partial charge is 0.240 e. The summed E-state index contributed by atoms with van der Waals surface area (Å²) in [6.07, 6.45) is 1.51. The molecule has 16 heavy (non-hydrogen) atoms. The summed E-state index contributed by atoms with van der Waals surface area (Å²) in [6, 6.07) is 6.77. The number of sulfonamides is 1. The van der Waals surface area contributed by atoms with Crippen LogP contribution in [-0.2, 0) is 16.6 Å². The number of benzene rings is 1. The Bertz CT molecular complexity index is 438. The van der Waals surface area contributed by atoms with E-state index < -0.39 is 10.0 Å². The highest BCUT2D eigenvalue weighted by Crippen LogP contribution is 2.10. The summed E-state index contributed by atoms with van der Waals surface area (Å²) < 4.78 is 25.8. The number of hydrogen-bond donors (Lipinski definition) is 2. The molecule has 88 valence electrons. The SMILES string of the molecule is C=CCNS(=O)(=O)c1ccc(CNC)cc1. The zero-order valence-corrected chi connectivity index (χ0v) is 10.0. The molecule has 0 aromatic heterocycles. The first-order chi connectivity index (χ1) is 7.60. The molecular weight excluding hydrogens is 224 g/mol. The maximum Gasteiger partial charge on any atom is 0.240 e. The van der Waals surface area contributed by atoms with Gasteiger partial charge in [-0.3, -0.25) is 0 Å². The Hall–Kier alpha value is -1.17. The van der Waals surface area contributed by atoms with Gasteiger partial charge in [-0.15, -0.1) is 6.58 Å². The zero-order valence-electron chi connectivity index (χ0n) is 9.23. The molecule has 0 fully saturated rings. The molecule has 0 atom stereocenters. The third-order valence-corrected chi connectivity index (χ3v) is 3.47. The summed E-state index contributed by atoms with van der Waals surface area (Å²) >= 11 is 0. The largest absolute Gasteiger partial charge is 0.316 e. The second-order valence-corrected chi connectivity index (χ2v) is 5.08. The van der Waals surface area contributed by atoms with Gasteiger partial charge < -0.3 is 5.32 Å². The predicted octanol–water partition coefficient (Wildman–Crippen LogP) is 0.870. The van der Waals surface area contributed by atoms with Crippen molar-refractivity contribution in [3.8, 4) is 0 Å². The predicted molar refractivity (Wildman–Crippen MR) is 64.6 cm³/mol. The van der Waals surface area contributed by atoms with Crippen molar-refractivity contribution in [3.05, 3.63) is 42.5 Å². The van der Waals surface area contributed by atoms with Crippen LogP contribution in [-0.4, -0.2) is 22.0 Å². The van der Waals surface area contributed by atoms with Crippen LogP contribution in [0.5, 0.6) is 0 Å². The molecule has 0 spiro atoms. The van der Waals surface area contributed by atoms with Crippen molar-refractivity contribution in [2.75, 3.05) is 13.6 Å². The lowest BCUT2D eigenvalue weighted by Crippen LogP contribution is -2.23. The molecule has 0 aliphatic rings. The van der Waals surface area contributed by atoms with E-state index in [1.807, 2.05) is 7.05 Å². The molecule has 0 unspecified atom stereocenters. The van der Waals surface area contributed by atoms with E-state index in [0.29, 0.717) is 0 Å². The van der Waals surface area contributed by atoms with E-state index in [-0.39, 0.29) is 11.4 Å². The van der Waals surface area contributed by atoms with Crippen molar-refractivity contribution >= 4 is 10.0 Å². The Morgan fingerprint density at radius 3 is 2.44 bits per heavy atom. The molecule has 0 aliphatic heterocycles. The van der Waals surface area contributed by atoms with E-state index in [2.05, 4.69) is 16.6 Å². The van der Waals surface area contributed by atoms with Gasteiger partial charge in [0.2, 0.25) is 10.0 Å². The van der Waals surface area contributed by atoms with E-state index in [1.165, 1.54) is 6.08 Å². The lowest BCUT2D eigenvalue weighted by molar-refractivity contribution is 0.585. The van der Waals surface area contributed by atoms with Crippen molar-refractivity contribution in [2.24, 2.45) is 0 Å². The summed E-state index contributed by atoms with van der Waals surface area (Å²) in [5, 5.41) is 3.00. The number of hydrogen-bond acceptors (Lipinski definition) is 3. The summed E-state index contributed by atoms with van der Waals surface area (Å²) in [7, 11) is -1.55. The van der Waals surface area contributed by atoms with Gasteiger partial charge in [0.25, 0.3) is 0 Å². The standard InChI is InChI=1S/C11H16N2O2S/c1-3-8-13-16(14,15)11-6-4-10(5-7-11)9-12-2/h3-7,12-13H,1,8-9H2,2H3. The van der Waals surface area contributed by atoms with Gasteiger partial charge in [-0.25, -0.2) is 13.1 Å². The van der Waals surface area contributed by atoms with Crippen LogP contribution in [0.1, 0.15) is 5.56 Å². The quantitative estimate of drug-likeness (QED) is 0.725. The first-order valence-electron chi connectivity index (χ1n) is 4.94. The molecule has 5 heteroatoms. The molecule has 0 saturated carbocycles. The Balaban J connectivity index is 2.84. The highest BCUT2D eigenvalue weighted by Gasteiger charge is 2.11. The molecule has 0 saturated heterocycles. The maximum absolute atomic E-state index is 11.7. The average Bonchev–Trinajstić information content (AvgIpc) is 2.28. The van der Waals surface area contributed by atoms with Crippen molar-refractivity contribution in [1.82, 2.24) is 10.0 Å². The van der Waals surface area contributed by atoms with Gasteiger partial charge in [-0.2, -0.15) is 0 Å². The first kappa shape index (κ1) is 12.9. The van der Waals surface area contributed by atoms with E-state index in [0.717, 1.165) is 12.1 Å². The lowest BCUT2D eigenvalue weighted by atomic mass is 10.2. The second kappa shape index (κ2) is 5.79. The minimum atomic E-state index is -3.40. The summed E-state index contributed by atoms with van der Waals surface area (Å²) in [5.74, 6) is 0. The van der Waals surface area contributed by atoms with Crippen molar-refractivity contribution in [2.45, 2.75) is 11.4 Å². The lowest BCUT2D eigenvalue weighted by Gasteiger charge is -2.05. The Kier molecular flexibility index (Phi) is 4.67. The molecule has 1 aromatic rings. The highest BCUT2D eigenvalue weighted by molar-refractivity contribution is 7.89. The molecule has 2 N–H and O–H groups in total. The summed E-state index contributed by atoms with van der Waals surface area (Å²) in [6.45, 7) is 4.42. The summed E-state index contributed by atoms with van der Waals surface area (Å²) in [5.41, 5.74) is 1.05. The third kappa shape index (κ3) is 3.44. The van der Waals surface area contributed by atoms with Crippen LogP contribution >= 0.6 is 0 Å². The fourth-order valence-corrected chi connectivity index (χ4v) is 2.24. The van der Waals surface area contributed by atoms with Crippen LogP contribution in [0.4, 0.5) is 0 Å². The Morgan fingerprint density at radius 2 is 1.94 bits per heavy atom. The monoisotopic (exact) mass is 240 g/mol. The molecule has 1 rings (SSSR count). The van der Waals surface area contributed by atoms with Crippen LogP contribution in [0, 0.1) is 0 Å². The first-order valence-corrected chi connectivity index (χ1v) is 6.42. The molecule has 4 nitrogen and oxygen atoms in total. The topological polar surface area (TPSA) is 58.2 Å². The van der Waals surface area contributed by atoms with Crippen LogP contribution in [0.2, 0.25) is 0 Å². The number of rotatable bonds is 6. The van der Waals surface area contributed by atoms with Crippen LogP contribution in [0.25, 0.3) is 0 Å². The fraction of sp³-hybridized carbons (Fsp3) is 0.273. The van der Waals surface area contributed by atoms with Gasteiger partial charge in [0, 0.05) is 13.1 Å². The van der Waals surface area contributed by atoms with E-state index in [4.69, 9.17) is 0 Å². The van der Waals surface area contributed by atoms with E-state index >= 15 is 0 Å². The molecule has 0 bridgehead atoms. The van der Waals surface area contributed by atoms with Crippen LogP contribution < -0.4 is 10.0 Å². The minimum Gasteiger partial charge on any atom is -0.316 e. The Morgan fingerprint density at radius 1 is 1.31 bits per heavy atom. The highest BCUT2D eigenvalue weighted by atomic mass is 32.2. The summed E-state index contributed by atoms with van der Waals surface area (Å²) in [4.78, 5) is 0.272. The molecule has 1 aromatic carbocycles. The van der Waals surface area contributed by atoms with Crippen molar-refractivity contribution < 1.29 is 8.42 Å². The zero-order chi connectivity index (χ0) is 12.0. The van der Waals surface area contributed by atoms with Crippen LogP contribution in [0.15, 0.2) is 41.8 Å². The van der Waals surface area contributed by atoms with Gasteiger partial charge in [0.15, 0.2) is 0 Å². The number of nitrogens with one attached hydrogen (secondary N) is 2. The van der Waals surface area contributed by atoms with Gasteiger partial charge in [-0.05, 0) is 24.7 Å². The molecule has 0 heterocycles. The molecule has 0 aliphatic carbocycles. The van der Waals surface area contributed by atoms with Crippen molar-refractivity contribution in [1.29, 1.82) is 0 Å². The molecule has 0 radical (unpaired) electrons. The molecular formula is C11H16N2O2S. The fourth-order valence-electron chi connectivity index (χ4n) is 1.24.